The van der Waals surface area contributed by atoms with Crippen molar-refractivity contribution in [2.75, 3.05) is 51.6 Å². The summed E-state index contributed by atoms with van der Waals surface area (Å²) < 4.78 is 36.0. The number of nitrogens with zero attached hydrogens (tertiary/aromatic N) is 2. The van der Waals surface area contributed by atoms with Gasteiger partial charge >= 0.3 is 0 Å². The molecule has 0 aliphatic carbocycles. The van der Waals surface area contributed by atoms with Crippen molar-refractivity contribution < 1.29 is 28.1 Å². The first kappa shape index (κ1) is 26.8. The van der Waals surface area contributed by atoms with Gasteiger partial charge in [0.2, 0.25) is 5.82 Å². The molecule has 1 amide bonds. The maximum absolute atomic E-state index is 14.4. The van der Waals surface area contributed by atoms with E-state index in [4.69, 9.17) is 47.9 Å². The van der Waals surface area contributed by atoms with Crippen molar-refractivity contribution >= 4 is 51.5 Å². The van der Waals surface area contributed by atoms with Gasteiger partial charge in [-0.3, -0.25) is 4.79 Å². The molecule has 1 radical (unpaired) electrons. The van der Waals surface area contributed by atoms with Crippen molar-refractivity contribution in [2.45, 2.75) is 6.92 Å². The second-order valence-corrected chi connectivity index (χ2v) is 7.81. The highest BCUT2D eigenvalue weighted by atomic mass is 35.5. The van der Waals surface area contributed by atoms with E-state index in [0.717, 1.165) is 6.07 Å². The number of aromatic nitrogens is 2. The minimum Gasteiger partial charge on any atom is -0.490 e. The molecule has 35 heavy (non-hydrogen) atoms. The first-order chi connectivity index (χ1) is 16.9. The molecule has 0 bridgehead atoms. The molecule has 2 aromatic carbocycles. The molecule has 3 aromatic rings. The number of benzene rings is 2. The van der Waals surface area contributed by atoms with Crippen LogP contribution in [0.2, 0.25) is 10.0 Å². The van der Waals surface area contributed by atoms with Crippen LogP contribution in [-0.2, 0) is 14.2 Å². The first-order valence-electron chi connectivity index (χ1n) is 10.7. The van der Waals surface area contributed by atoms with E-state index in [1.807, 2.05) is 6.92 Å². The summed E-state index contributed by atoms with van der Waals surface area (Å²) >= 11 is 11.8. The number of amides is 1. The fourth-order valence-electron chi connectivity index (χ4n) is 2.88. The van der Waals surface area contributed by atoms with Gasteiger partial charge in [0.05, 0.1) is 54.3 Å². The lowest BCUT2D eigenvalue weighted by Crippen LogP contribution is -2.16. The molecule has 9 nitrogen and oxygen atoms in total. The second kappa shape index (κ2) is 13.4. The second-order valence-electron chi connectivity index (χ2n) is 7.00. The molecule has 12 heteroatoms. The van der Waals surface area contributed by atoms with E-state index in [0.29, 0.717) is 56.3 Å². The maximum atomic E-state index is 14.4. The van der Waals surface area contributed by atoms with Crippen molar-refractivity contribution in [3.05, 3.63) is 52.0 Å². The molecular formula is C23H24Cl2FN4O5. The average Bonchev–Trinajstić information content (AvgIpc) is 2.83. The van der Waals surface area contributed by atoms with E-state index in [1.165, 1.54) is 6.07 Å². The van der Waals surface area contributed by atoms with Crippen molar-refractivity contribution in [1.29, 1.82) is 0 Å². The van der Waals surface area contributed by atoms with Crippen molar-refractivity contribution in [1.82, 2.24) is 9.97 Å². The molecule has 0 aliphatic heterocycles. The Kier molecular flexibility index (Phi) is 10.2. The number of nitrogens with one attached hydrogen (secondary N) is 1. The number of carbonyl (C=O) groups excluding carboxylic acids is 1. The minimum atomic E-state index is -0.850. The molecule has 0 spiro atoms. The van der Waals surface area contributed by atoms with Gasteiger partial charge in [0, 0.05) is 24.1 Å². The number of hydrogen-bond acceptors (Lipinski definition) is 8. The van der Waals surface area contributed by atoms with Crippen LogP contribution in [0.3, 0.4) is 0 Å². The third-order valence-corrected chi connectivity index (χ3v) is 5.24. The molecule has 1 aromatic heterocycles. The summed E-state index contributed by atoms with van der Waals surface area (Å²) in [4.78, 5) is 20.0. The van der Waals surface area contributed by atoms with Crippen LogP contribution in [0.25, 0.3) is 10.9 Å². The summed E-state index contributed by atoms with van der Waals surface area (Å²) in [5, 5.41) is 3.47. The largest absolute Gasteiger partial charge is 0.490 e. The monoisotopic (exact) mass is 525 g/mol. The SMILES string of the molecule is CCOCCOCCOCCOc1[c]cc2c(Nc3cc(Cl)c(Cl)cc3F)nc(C(N)=O)nc2c1. The summed E-state index contributed by atoms with van der Waals surface area (Å²) in [7, 11) is 0. The standard InChI is InChI=1S/C23H24Cl2FN4O5/c1-2-32-5-6-33-7-8-34-9-10-35-14-3-4-15-19(11-14)28-23(21(27)31)30-22(15)29-20-13-17(25)16(24)12-18(20)26/h4,11-13H,2,5-10H2,1H3,(H2,27,31)(H,28,29,30). The number of ether oxygens (including phenoxy) is 4. The van der Waals surface area contributed by atoms with Crippen LogP contribution in [0.1, 0.15) is 17.5 Å². The van der Waals surface area contributed by atoms with E-state index in [1.54, 1.807) is 12.1 Å². The van der Waals surface area contributed by atoms with Gasteiger partial charge in [-0.15, -0.1) is 0 Å². The Morgan fingerprint density at radius 1 is 1.03 bits per heavy atom. The zero-order valence-electron chi connectivity index (χ0n) is 18.9. The van der Waals surface area contributed by atoms with Crippen molar-refractivity contribution in [2.24, 2.45) is 5.73 Å². The number of halogens is 3. The normalized spacial score (nSPS) is 11.1. The molecule has 0 saturated carbocycles. The molecule has 3 rings (SSSR count). The summed E-state index contributed by atoms with van der Waals surface area (Å²) in [6.45, 7) is 5.13. The zero-order valence-corrected chi connectivity index (χ0v) is 20.4. The van der Waals surface area contributed by atoms with Crippen LogP contribution in [0.15, 0.2) is 24.3 Å². The van der Waals surface area contributed by atoms with E-state index >= 15 is 0 Å². The Morgan fingerprint density at radius 3 is 2.37 bits per heavy atom. The molecule has 0 saturated heterocycles. The molecule has 1 heterocycles. The summed E-state index contributed by atoms with van der Waals surface area (Å²) in [5.41, 5.74) is 5.72. The summed E-state index contributed by atoms with van der Waals surface area (Å²) in [5.74, 6) is -1.26. The third-order valence-electron chi connectivity index (χ3n) is 4.52. The van der Waals surface area contributed by atoms with Crippen molar-refractivity contribution in [3.63, 3.8) is 0 Å². The summed E-state index contributed by atoms with van der Waals surface area (Å²) in [6.07, 6.45) is 0. The molecule has 0 fully saturated rings. The first-order valence-corrected chi connectivity index (χ1v) is 11.5. The Bertz CT molecular complexity index is 1170. The van der Waals surface area contributed by atoms with Crippen LogP contribution >= 0.6 is 23.2 Å². The third kappa shape index (κ3) is 7.87. The molecule has 187 valence electrons. The number of carbonyl (C=O) groups is 1. The van der Waals surface area contributed by atoms with Crippen LogP contribution in [-0.4, -0.2) is 62.1 Å². The van der Waals surface area contributed by atoms with Gasteiger partial charge in [-0.1, -0.05) is 23.2 Å². The molecule has 0 atom stereocenters. The molecule has 3 N–H and O–H groups in total. The number of anilines is 2. The van der Waals surface area contributed by atoms with Gasteiger partial charge in [-0.2, -0.15) is 0 Å². The van der Waals surface area contributed by atoms with E-state index in [-0.39, 0.29) is 34.0 Å². The molecule has 0 unspecified atom stereocenters. The number of hydrogen-bond donors (Lipinski definition) is 2. The van der Waals surface area contributed by atoms with Gasteiger partial charge in [0.1, 0.15) is 24.0 Å². The Balaban J connectivity index is 1.65. The zero-order chi connectivity index (χ0) is 25.2. The quantitative estimate of drug-likeness (QED) is 0.238. The number of nitrogens with two attached hydrogens (primary N) is 1. The lowest BCUT2D eigenvalue weighted by molar-refractivity contribution is 0.0114. The fourth-order valence-corrected chi connectivity index (χ4v) is 3.19. The van der Waals surface area contributed by atoms with Crippen molar-refractivity contribution in [3.8, 4) is 5.75 Å². The minimum absolute atomic E-state index is 0.00849. The maximum Gasteiger partial charge on any atom is 0.286 e. The number of rotatable bonds is 14. The van der Waals surface area contributed by atoms with Crippen LogP contribution in [0.5, 0.6) is 5.75 Å². The highest BCUT2D eigenvalue weighted by Gasteiger charge is 2.15. The van der Waals surface area contributed by atoms with E-state index in [9.17, 15) is 9.18 Å². The van der Waals surface area contributed by atoms with Crippen LogP contribution in [0.4, 0.5) is 15.9 Å². The summed E-state index contributed by atoms with van der Waals surface area (Å²) in [6, 6.07) is 8.46. The van der Waals surface area contributed by atoms with Gasteiger partial charge < -0.3 is 30.0 Å². The lowest BCUT2D eigenvalue weighted by Gasteiger charge is -2.13. The van der Waals surface area contributed by atoms with E-state index < -0.39 is 11.7 Å². The molecular weight excluding hydrogens is 502 g/mol. The van der Waals surface area contributed by atoms with E-state index in [2.05, 4.69) is 21.4 Å². The Hall–Kier alpha value is -2.76. The van der Waals surface area contributed by atoms with Gasteiger partial charge in [0.15, 0.2) is 0 Å². The Labute approximate surface area is 211 Å². The highest BCUT2D eigenvalue weighted by molar-refractivity contribution is 6.42. The van der Waals surface area contributed by atoms with Crippen LogP contribution < -0.4 is 15.8 Å². The Morgan fingerprint density at radius 2 is 1.69 bits per heavy atom. The average molecular weight is 526 g/mol. The smallest absolute Gasteiger partial charge is 0.286 e. The number of fused-ring (bicyclic) bond motifs is 1. The molecule has 0 aliphatic rings. The topological polar surface area (TPSA) is 118 Å². The number of primary amides is 1. The van der Waals surface area contributed by atoms with Gasteiger partial charge in [-0.05, 0) is 25.1 Å². The van der Waals surface area contributed by atoms with Crippen LogP contribution in [0, 0.1) is 11.9 Å². The lowest BCUT2D eigenvalue weighted by atomic mass is 10.2. The predicted molar refractivity (Wildman–Crippen MR) is 130 cm³/mol. The van der Waals surface area contributed by atoms with Gasteiger partial charge in [0.25, 0.3) is 5.91 Å². The predicted octanol–water partition coefficient (Wildman–Crippen LogP) is 4.17. The van der Waals surface area contributed by atoms with Gasteiger partial charge in [-0.25, -0.2) is 14.4 Å². The fraction of sp³-hybridized carbons (Fsp3) is 0.348. The highest BCUT2D eigenvalue weighted by Crippen LogP contribution is 2.32.